The number of thiol groups is 1. The van der Waals surface area contributed by atoms with Crippen LogP contribution in [0.4, 0.5) is 0 Å². The van der Waals surface area contributed by atoms with Crippen molar-refractivity contribution in [3.8, 4) is 0 Å². The molecule has 0 aliphatic heterocycles. The predicted molar refractivity (Wildman–Crippen MR) is 43.3 cm³/mol. The molecule has 0 fully saturated rings. The Balaban J connectivity index is 2.87. The van der Waals surface area contributed by atoms with Crippen LogP contribution in [0, 0.1) is 0 Å². The molecule has 0 radical (unpaired) electrons. The number of pyridine rings is 1. The Kier molecular flexibility index (Phi) is 2.84. The molecule has 0 spiro atoms. The van der Waals surface area contributed by atoms with Crippen molar-refractivity contribution in [3.63, 3.8) is 0 Å². The molecule has 3 nitrogen and oxygen atoms in total. The van der Waals surface area contributed by atoms with Gasteiger partial charge in [-0.05, 0) is 17.7 Å². The summed E-state index contributed by atoms with van der Waals surface area (Å²) in [7, 11) is -2.38. The summed E-state index contributed by atoms with van der Waals surface area (Å²) in [5.74, 6) is 0.0254. The highest BCUT2D eigenvalue weighted by molar-refractivity contribution is 7.71. The Bertz CT molecular complexity index is 316. The van der Waals surface area contributed by atoms with Crippen LogP contribution in [0.15, 0.2) is 18.3 Å². The highest BCUT2D eigenvalue weighted by Gasteiger charge is 1.94. The summed E-state index contributed by atoms with van der Waals surface area (Å²) in [4.78, 5) is 3.72. The fourth-order valence-electron chi connectivity index (χ4n) is 0.690. The molecule has 0 amide bonds. The maximum absolute atomic E-state index is 10.3. The second-order valence-electron chi connectivity index (χ2n) is 1.98. The SMILES string of the molecule is O=[SH](=O)Cc1ccnc(Cl)c1. The van der Waals surface area contributed by atoms with Crippen molar-refractivity contribution >= 4 is 22.3 Å². The van der Waals surface area contributed by atoms with Gasteiger partial charge in [0, 0.05) is 6.20 Å². The molecule has 60 valence electrons. The average Bonchev–Trinajstić information content (AvgIpc) is 1.85. The predicted octanol–water partition coefficient (Wildman–Crippen LogP) is 0.846. The monoisotopic (exact) mass is 191 g/mol. The zero-order valence-electron chi connectivity index (χ0n) is 5.53. The van der Waals surface area contributed by atoms with Crippen molar-refractivity contribution in [2.45, 2.75) is 5.75 Å². The van der Waals surface area contributed by atoms with Crippen LogP contribution in [0.25, 0.3) is 0 Å². The molecule has 0 unspecified atom stereocenters. The highest BCUT2D eigenvalue weighted by atomic mass is 35.5. The first-order valence-electron chi connectivity index (χ1n) is 2.91. The topological polar surface area (TPSA) is 47.0 Å². The van der Waals surface area contributed by atoms with Crippen LogP contribution in [-0.2, 0) is 16.5 Å². The zero-order chi connectivity index (χ0) is 8.27. The Morgan fingerprint density at radius 3 is 2.82 bits per heavy atom. The van der Waals surface area contributed by atoms with Gasteiger partial charge in [0.2, 0.25) is 0 Å². The lowest BCUT2D eigenvalue weighted by atomic mass is 10.3. The van der Waals surface area contributed by atoms with Gasteiger partial charge in [-0.25, -0.2) is 13.4 Å². The van der Waals surface area contributed by atoms with Crippen molar-refractivity contribution in [2.75, 3.05) is 0 Å². The van der Waals surface area contributed by atoms with E-state index >= 15 is 0 Å². The lowest BCUT2D eigenvalue weighted by molar-refractivity contribution is 0.614. The van der Waals surface area contributed by atoms with E-state index in [2.05, 4.69) is 4.98 Å². The van der Waals surface area contributed by atoms with Gasteiger partial charge in [0.25, 0.3) is 0 Å². The van der Waals surface area contributed by atoms with Crippen molar-refractivity contribution < 1.29 is 8.42 Å². The van der Waals surface area contributed by atoms with E-state index in [1.807, 2.05) is 0 Å². The molecular formula is C6H6ClNO2S. The van der Waals surface area contributed by atoms with Gasteiger partial charge in [-0.3, -0.25) is 0 Å². The number of rotatable bonds is 2. The number of aromatic nitrogens is 1. The third-order valence-corrected chi connectivity index (χ3v) is 1.93. The van der Waals surface area contributed by atoms with Gasteiger partial charge < -0.3 is 0 Å². The van der Waals surface area contributed by atoms with E-state index in [9.17, 15) is 8.42 Å². The van der Waals surface area contributed by atoms with Crippen LogP contribution in [0.3, 0.4) is 0 Å². The lowest BCUT2D eigenvalue weighted by Gasteiger charge is -1.93. The van der Waals surface area contributed by atoms with Crippen molar-refractivity contribution in [2.24, 2.45) is 0 Å². The second-order valence-corrected chi connectivity index (χ2v) is 3.35. The van der Waals surface area contributed by atoms with Gasteiger partial charge in [0.15, 0.2) is 0 Å². The smallest absolute Gasteiger partial charge is 0.144 e. The third kappa shape index (κ3) is 2.86. The number of halogens is 1. The summed E-state index contributed by atoms with van der Waals surface area (Å²) >= 11 is 5.52. The third-order valence-electron chi connectivity index (χ3n) is 1.10. The van der Waals surface area contributed by atoms with Crippen LogP contribution in [-0.4, -0.2) is 13.4 Å². The summed E-state index contributed by atoms with van der Waals surface area (Å²) in [5.41, 5.74) is 0.668. The Morgan fingerprint density at radius 2 is 2.27 bits per heavy atom. The minimum atomic E-state index is -2.38. The molecule has 0 aliphatic carbocycles. The maximum atomic E-state index is 10.3. The number of hydrogen-bond donors (Lipinski definition) is 1. The largest absolute Gasteiger partial charge is 0.245 e. The number of nitrogens with zero attached hydrogens (tertiary/aromatic N) is 1. The minimum absolute atomic E-state index is 0.0254. The molecule has 11 heavy (non-hydrogen) atoms. The highest BCUT2D eigenvalue weighted by Crippen LogP contribution is 2.07. The molecule has 0 saturated carbocycles. The fourth-order valence-corrected chi connectivity index (χ4v) is 1.38. The van der Waals surface area contributed by atoms with Crippen molar-refractivity contribution in [1.29, 1.82) is 0 Å². The number of hydrogen-bond acceptors (Lipinski definition) is 3. The van der Waals surface area contributed by atoms with E-state index in [-0.39, 0.29) is 5.75 Å². The summed E-state index contributed by atoms with van der Waals surface area (Å²) in [6.45, 7) is 0. The lowest BCUT2D eigenvalue weighted by Crippen LogP contribution is -1.86. The Labute approximate surface area is 71.0 Å². The van der Waals surface area contributed by atoms with Gasteiger partial charge >= 0.3 is 0 Å². The van der Waals surface area contributed by atoms with Crippen LogP contribution >= 0.6 is 11.6 Å². The maximum Gasteiger partial charge on any atom is 0.144 e. The summed E-state index contributed by atoms with van der Waals surface area (Å²) < 4.78 is 20.5. The van der Waals surface area contributed by atoms with Crippen LogP contribution in [0.2, 0.25) is 5.15 Å². The quantitative estimate of drug-likeness (QED) is 0.557. The van der Waals surface area contributed by atoms with Gasteiger partial charge in [0.1, 0.15) is 15.9 Å². The molecule has 1 heterocycles. The summed E-state index contributed by atoms with van der Waals surface area (Å²) in [6, 6.07) is 3.16. The molecule has 1 aromatic heterocycles. The molecule has 1 rings (SSSR count). The van der Waals surface area contributed by atoms with Crippen LogP contribution in [0.5, 0.6) is 0 Å². The van der Waals surface area contributed by atoms with E-state index in [0.29, 0.717) is 10.7 Å². The molecular weight excluding hydrogens is 186 g/mol. The standard InChI is InChI=1S/C6H6ClNO2S/c7-6-3-5(1-2-8-6)4-11(9)10/h1-3,11H,4H2. The first-order chi connectivity index (χ1) is 5.18. The Morgan fingerprint density at radius 1 is 1.55 bits per heavy atom. The van der Waals surface area contributed by atoms with Gasteiger partial charge in [-0.15, -0.1) is 0 Å². The molecule has 0 aliphatic rings. The zero-order valence-corrected chi connectivity index (χ0v) is 7.18. The summed E-state index contributed by atoms with van der Waals surface area (Å²) in [5, 5.41) is 0.319. The fraction of sp³-hybridized carbons (Fsp3) is 0.167. The van der Waals surface area contributed by atoms with Crippen LogP contribution < -0.4 is 0 Å². The van der Waals surface area contributed by atoms with E-state index in [0.717, 1.165) is 0 Å². The molecule has 0 bridgehead atoms. The minimum Gasteiger partial charge on any atom is -0.245 e. The molecule has 0 atom stereocenters. The van der Waals surface area contributed by atoms with Crippen molar-refractivity contribution in [3.05, 3.63) is 29.0 Å². The summed E-state index contributed by atoms with van der Waals surface area (Å²) in [6.07, 6.45) is 1.48. The first-order valence-corrected chi connectivity index (χ1v) is 4.65. The molecule has 1 aromatic rings. The van der Waals surface area contributed by atoms with Gasteiger partial charge in [0.05, 0.1) is 5.75 Å². The molecule has 5 heteroatoms. The van der Waals surface area contributed by atoms with Crippen molar-refractivity contribution in [1.82, 2.24) is 4.98 Å². The molecule has 0 N–H and O–H groups in total. The van der Waals surface area contributed by atoms with E-state index in [1.165, 1.54) is 12.3 Å². The van der Waals surface area contributed by atoms with E-state index < -0.39 is 10.7 Å². The first kappa shape index (κ1) is 8.49. The second kappa shape index (κ2) is 3.69. The molecule has 0 aromatic carbocycles. The molecule has 0 saturated heterocycles. The average molecular weight is 192 g/mol. The van der Waals surface area contributed by atoms with Crippen LogP contribution in [0.1, 0.15) is 5.56 Å². The van der Waals surface area contributed by atoms with E-state index in [1.54, 1.807) is 6.07 Å². The normalized spacial score (nSPS) is 10.4. The van der Waals surface area contributed by atoms with E-state index in [4.69, 9.17) is 11.6 Å². The Hall–Kier alpha value is -0.610. The van der Waals surface area contributed by atoms with Gasteiger partial charge in [-0.1, -0.05) is 11.6 Å². The van der Waals surface area contributed by atoms with Gasteiger partial charge in [-0.2, -0.15) is 0 Å².